The Labute approximate surface area is 131 Å². The molecule has 0 N–H and O–H groups in total. The van der Waals surface area contributed by atoms with Crippen LogP contribution in [0.3, 0.4) is 0 Å². The van der Waals surface area contributed by atoms with E-state index in [9.17, 15) is 0 Å². The zero-order chi connectivity index (χ0) is 14.7. The Balaban J connectivity index is 1.58. The fraction of sp³-hybridized carbons (Fsp3) is 0.471. The molecular weight excluding hydrogens is 282 g/mol. The molecule has 0 saturated carbocycles. The Kier molecular flexibility index (Phi) is 4.61. The van der Waals surface area contributed by atoms with Crippen molar-refractivity contribution in [3.8, 4) is 0 Å². The first-order valence-corrected chi connectivity index (χ1v) is 8.12. The van der Waals surface area contributed by atoms with E-state index in [4.69, 9.17) is 11.6 Å². The van der Waals surface area contributed by atoms with E-state index in [1.165, 1.54) is 24.2 Å². The van der Waals surface area contributed by atoms with Gasteiger partial charge in [0.25, 0.3) is 0 Å². The average Bonchev–Trinajstić information content (AvgIpc) is 2.96. The summed E-state index contributed by atoms with van der Waals surface area (Å²) >= 11 is 6.06. The number of aromatic nitrogens is 2. The van der Waals surface area contributed by atoms with E-state index in [0.717, 1.165) is 31.2 Å². The summed E-state index contributed by atoms with van der Waals surface area (Å²) in [7, 11) is 0. The van der Waals surface area contributed by atoms with Crippen LogP contribution in [0.4, 0.5) is 0 Å². The third-order valence-electron chi connectivity index (χ3n) is 4.34. The van der Waals surface area contributed by atoms with Crippen molar-refractivity contribution >= 4 is 11.6 Å². The van der Waals surface area contributed by atoms with Crippen molar-refractivity contribution in [1.82, 2.24) is 14.5 Å². The average molecular weight is 304 g/mol. The second-order valence-corrected chi connectivity index (χ2v) is 6.19. The smallest absolute Gasteiger partial charge is 0.111 e. The van der Waals surface area contributed by atoms with Gasteiger partial charge in [0, 0.05) is 36.4 Å². The molecule has 0 bridgehead atoms. The summed E-state index contributed by atoms with van der Waals surface area (Å²) < 4.78 is 2.28. The summed E-state index contributed by atoms with van der Waals surface area (Å²) in [4.78, 5) is 7.07. The van der Waals surface area contributed by atoms with Crippen LogP contribution in [0.25, 0.3) is 0 Å². The molecule has 0 amide bonds. The lowest BCUT2D eigenvalue weighted by Gasteiger charge is -2.31. The van der Waals surface area contributed by atoms with E-state index in [1.54, 1.807) is 0 Å². The van der Waals surface area contributed by atoms with Gasteiger partial charge < -0.3 is 4.57 Å². The second-order valence-electron chi connectivity index (χ2n) is 5.75. The number of hydrogen-bond acceptors (Lipinski definition) is 2. The molecule has 2 aromatic rings. The summed E-state index contributed by atoms with van der Waals surface area (Å²) in [6.45, 7) is 6.45. The number of piperidine rings is 1. The number of imidazole rings is 1. The first-order valence-electron chi connectivity index (χ1n) is 7.74. The van der Waals surface area contributed by atoms with Crippen LogP contribution >= 0.6 is 11.6 Å². The van der Waals surface area contributed by atoms with Gasteiger partial charge in [0.05, 0.1) is 0 Å². The minimum atomic E-state index is 0.607. The van der Waals surface area contributed by atoms with Gasteiger partial charge >= 0.3 is 0 Å². The molecule has 1 fully saturated rings. The Hall–Kier alpha value is -1.32. The highest BCUT2D eigenvalue weighted by molar-refractivity contribution is 6.30. The number of halogens is 1. The van der Waals surface area contributed by atoms with Crippen molar-refractivity contribution in [3.63, 3.8) is 0 Å². The van der Waals surface area contributed by atoms with Crippen molar-refractivity contribution < 1.29 is 0 Å². The molecule has 0 radical (unpaired) electrons. The summed E-state index contributed by atoms with van der Waals surface area (Å²) in [5, 5.41) is 0.826. The van der Waals surface area contributed by atoms with Crippen LogP contribution in [-0.2, 0) is 13.1 Å². The minimum absolute atomic E-state index is 0.607. The molecule has 2 heterocycles. The van der Waals surface area contributed by atoms with Crippen LogP contribution in [0.15, 0.2) is 36.7 Å². The molecule has 1 aliphatic heterocycles. The molecule has 0 aliphatic carbocycles. The number of hydrogen-bond donors (Lipinski definition) is 0. The van der Waals surface area contributed by atoms with E-state index in [1.807, 2.05) is 18.3 Å². The molecule has 0 atom stereocenters. The normalized spacial score (nSPS) is 17.2. The number of rotatable bonds is 4. The minimum Gasteiger partial charge on any atom is -0.335 e. The standard InChI is InChI=1S/C17H22ClN3/c1-2-21-11-8-19-17(21)15-6-9-20(10-7-15)13-14-4-3-5-16(18)12-14/h3-5,8,11-12,15H,2,6-7,9-10,13H2,1H3. The van der Waals surface area contributed by atoms with Gasteiger partial charge in [-0.2, -0.15) is 0 Å². The molecule has 1 aromatic heterocycles. The van der Waals surface area contributed by atoms with Crippen LogP contribution in [0, 0.1) is 0 Å². The van der Waals surface area contributed by atoms with Gasteiger partial charge in [-0.05, 0) is 50.6 Å². The molecule has 1 aromatic carbocycles. The summed E-state index contributed by atoms with van der Waals surface area (Å²) in [5.41, 5.74) is 1.30. The van der Waals surface area contributed by atoms with Crippen molar-refractivity contribution in [2.24, 2.45) is 0 Å². The third-order valence-corrected chi connectivity index (χ3v) is 4.57. The number of nitrogens with zero attached hydrogens (tertiary/aromatic N) is 3. The predicted octanol–water partition coefficient (Wildman–Crippen LogP) is 3.94. The third kappa shape index (κ3) is 3.47. The highest BCUT2D eigenvalue weighted by Crippen LogP contribution is 2.27. The largest absolute Gasteiger partial charge is 0.335 e. The predicted molar refractivity (Wildman–Crippen MR) is 86.6 cm³/mol. The highest BCUT2D eigenvalue weighted by atomic mass is 35.5. The van der Waals surface area contributed by atoms with E-state index >= 15 is 0 Å². The topological polar surface area (TPSA) is 21.1 Å². The highest BCUT2D eigenvalue weighted by Gasteiger charge is 2.23. The second kappa shape index (κ2) is 6.63. The zero-order valence-corrected chi connectivity index (χ0v) is 13.3. The van der Waals surface area contributed by atoms with Crippen molar-refractivity contribution in [2.75, 3.05) is 13.1 Å². The van der Waals surface area contributed by atoms with E-state index < -0.39 is 0 Å². The number of likely N-dealkylation sites (tertiary alicyclic amines) is 1. The van der Waals surface area contributed by atoms with E-state index in [0.29, 0.717) is 5.92 Å². The van der Waals surface area contributed by atoms with E-state index in [2.05, 4.69) is 39.7 Å². The maximum absolute atomic E-state index is 6.06. The molecular formula is C17H22ClN3. The Morgan fingerprint density at radius 3 is 2.81 bits per heavy atom. The molecule has 4 heteroatoms. The lowest BCUT2D eigenvalue weighted by atomic mass is 9.95. The van der Waals surface area contributed by atoms with Gasteiger partial charge in [-0.25, -0.2) is 4.98 Å². The summed E-state index contributed by atoms with van der Waals surface area (Å²) in [6, 6.07) is 8.18. The Bertz CT molecular complexity index is 585. The first kappa shape index (κ1) is 14.6. The van der Waals surface area contributed by atoms with E-state index in [-0.39, 0.29) is 0 Å². The zero-order valence-electron chi connectivity index (χ0n) is 12.5. The molecule has 0 unspecified atom stereocenters. The lowest BCUT2D eigenvalue weighted by Crippen LogP contribution is -2.33. The van der Waals surface area contributed by atoms with Gasteiger partial charge in [0.15, 0.2) is 0 Å². The quantitative estimate of drug-likeness (QED) is 0.853. The Morgan fingerprint density at radius 1 is 1.29 bits per heavy atom. The first-order chi connectivity index (χ1) is 10.3. The molecule has 0 spiro atoms. The molecule has 3 rings (SSSR count). The summed E-state index contributed by atoms with van der Waals surface area (Å²) in [5.74, 6) is 1.87. The van der Waals surface area contributed by atoms with Crippen molar-refractivity contribution in [2.45, 2.75) is 38.8 Å². The molecule has 112 valence electrons. The van der Waals surface area contributed by atoms with Crippen LogP contribution in [-0.4, -0.2) is 27.5 Å². The van der Waals surface area contributed by atoms with Gasteiger partial charge in [-0.1, -0.05) is 23.7 Å². The monoisotopic (exact) mass is 303 g/mol. The van der Waals surface area contributed by atoms with Gasteiger partial charge in [-0.15, -0.1) is 0 Å². The Morgan fingerprint density at radius 2 is 2.10 bits per heavy atom. The fourth-order valence-corrected chi connectivity index (χ4v) is 3.40. The van der Waals surface area contributed by atoms with Crippen molar-refractivity contribution in [3.05, 3.63) is 53.1 Å². The SMILES string of the molecule is CCn1ccnc1C1CCN(Cc2cccc(Cl)c2)CC1. The number of aryl methyl sites for hydroxylation is 1. The molecule has 21 heavy (non-hydrogen) atoms. The molecule has 3 nitrogen and oxygen atoms in total. The maximum atomic E-state index is 6.06. The molecule has 1 saturated heterocycles. The van der Waals surface area contributed by atoms with Gasteiger partial charge in [0.1, 0.15) is 5.82 Å². The maximum Gasteiger partial charge on any atom is 0.111 e. The van der Waals surface area contributed by atoms with Crippen LogP contribution in [0.1, 0.15) is 37.1 Å². The van der Waals surface area contributed by atoms with Gasteiger partial charge in [0.2, 0.25) is 0 Å². The van der Waals surface area contributed by atoms with Crippen LogP contribution in [0.2, 0.25) is 5.02 Å². The van der Waals surface area contributed by atoms with Crippen LogP contribution in [0.5, 0.6) is 0 Å². The summed E-state index contributed by atoms with van der Waals surface area (Å²) in [6.07, 6.45) is 6.40. The van der Waals surface area contributed by atoms with Crippen LogP contribution < -0.4 is 0 Å². The fourth-order valence-electron chi connectivity index (χ4n) is 3.19. The number of benzene rings is 1. The van der Waals surface area contributed by atoms with Crippen molar-refractivity contribution in [1.29, 1.82) is 0 Å². The lowest BCUT2D eigenvalue weighted by molar-refractivity contribution is 0.200. The molecule has 1 aliphatic rings. The van der Waals surface area contributed by atoms with Gasteiger partial charge in [-0.3, -0.25) is 4.90 Å².